The number of hydrogen-bond donors (Lipinski definition) is 2. The van der Waals surface area contributed by atoms with Crippen LogP contribution in [0.4, 0.5) is 4.79 Å². The van der Waals surface area contributed by atoms with Gasteiger partial charge in [0.1, 0.15) is 6.04 Å². The van der Waals surface area contributed by atoms with Crippen molar-refractivity contribution in [3.63, 3.8) is 0 Å². The molecule has 2 rings (SSSR count). The molecule has 1 saturated carbocycles. The van der Waals surface area contributed by atoms with Gasteiger partial charge in [0.15, 0.2) is 0 Å². The highest BCUT2D eigenvalue weighted by atomic mass is 16.4. The van der Waals surface area contributed by atoms with Crippen LogP contribution in [0, 0.1) is 0 Å². The molecule has 0 aromatic heterocycles. The highest BCUT2D eigenvalue weighted by Gasteiger charge is 2.41. The van der Waals surface area contributed by atoms with E-state index in [1.807, 2.05) is 0 Å². The van der Waals surface area contributed by atoms with Crippen LogP contribution in [0.2, 0.25) is 0 Å². The number of aliphatic carboxylic acids is 1. The first-order chi connectivity index (χ1) is 8.50. The van der Waals surface area contributed by atoms with E-state index in [0.717, 1.165) is 25.7 Å². The first-order valence-electron chi connectivity index (χ1n) is 6.45. The minimum absolute atomic E-state index is 0.118. The van der Waals surface area contributed by atoms with E-state index in [2.05, 4.69) is 0 Å². The second kappa shape index (κ2) is 5.14. The fourth-order valence-electron chi connectivity index (χ4n) is 2.91. The number of likely N-dealkylation sites (tertiary alicyclic amines) is 1. The number of carbonyl (C=O) groups is 2. The van der Waals surface area contributed by atoms with Crippen molar-refractivity contribution in [2.24, 2.45) is 0 Å². The summed E-state index contributed by atoms with van der Waals surface area (Å²) in [6, 6.07) is -0.952. The van der Waals surface area contributed by atoms with Crippen LogP contribution >= 0.6 is 0 Å². The first kappa shape index (κ1) is 13.1. The lowest BCUT2D eigenvalue weighted by molar-refractivity contribution is -0.141. The van der Waals surface area contributed by atoms with Crippen LogP contribution in [0.1, 0.15) is 32.1 Å². The molecular formula is C12H20N2O4. The van der Waals surface area contributed by atoms with Crippen molar-refractivity contribution in [1.82, 2.24) is 9.80 Å². The highest BCUT2D eigenvalue weighted by molar-refractivity contribution is 5.83. The molecule has 2 amide bonds. The molecule has 0 radical (unpaired) electrons. The van der Waals surface area contributed by atoms with Crippen LogP contribution in [0.5, 0.6) is 0 Å². The van der Waals surface area contributed by atoms with Gasteiger partial charge in [-0.25, -0.2) is 9.59 Å². The summed E-state index contributed by atoms with van der Waals surface area (Å²) in [5.74, 6) is -1.04. The maximum absolute atomic E-state index is 12.3. The Kier molecular flexibility index (Phi) is 3.75. The van der Waals surface area contributed by atoms with E-state index in [4.69, 9.17) is 5.11 Å². The van der Waals surface area contributed by atoms with Gasteiger partial charge < -0.3 is 20.0 Å². The number of nitrogens with zero attached hydrogens (tertiary/aromatic N) is 2. The molecule has 1 heterocycles. The van der Waals surface area contributed by atoms with E-state index in [0.29, 0.717) is 0 Å². The normalized spacial score (nSPS) is 28.7. The molecule has 2 N–H and O–H groups in total. The van der Waals surface area contributed by atoms with Crippen LogP contribution in [0.15, 0.2) is 0 Å². The summed E-state index contributed by atoms with van der Waals surface area (Å²) in [6.07, 6.45) is 3.60. The van der Waals surface area contributed by atoms with Crippen LogP contribution < -0.4 is 0 Å². The van der Waals surface area contributed by atoms with Gasteiger partial charge in [0.2, 0.25) is 0 Å². The predicted octanol–water partition coefficient (Wildman–Crippen LogP) is 0.501. The minimum atomic E-state index is -1.04. The number of aliphatic hydroxyl groups excluding tert-OH is 1. The fourth-order valence-corrected chi connectivity index (χ4v) is 2.91. The largest absolute Gasteiger partial charge is 0.480 e. The molecule has 2 aliphatic rings. The van der Waals surface area contributed by atoms with E-state index in [9.17, 15) is 14.7 Å². The summed E-state index contributed by atoms with van der Waals surface area (Å²) in [5, 5.41) is 18.6. The topological polar surface area (TPSA) is 81.1 Å². The summed E-state index contributed by atoms with van der Waals surface area (Å²) < 4.78 is 0. The number of carboxylic acids is 1. The van der Waals surface area contributed by atoms with Crippen molar-refractivity contribution in [2.75, 3.05) is 13.6 Å². The summed E-state index contributed by atoms with van der Waals surface area (Å²) in [6.45, 7) is 0.118. The molecule has 0 spiro atoms. The SMILES string of the molecule is CN(C(=O)N1C[C@H](O)C[C@H]1C(=O)O)C1CCCC1. The van der Waals surface area contributed by atoms with E-state index in [1.54, 1.807) is 11.9 Å². The van der Waals surface area contributed by atoms with Gasteiger partial charge in [-0.05, 0) is 12.8 Å². The Morgan fingerprint density at radius 2 is 1.89 bits per heavy atom. The van der Waals surface area contributed by atoms with Gasteiger partial charge in [-0.3, -0.25) is 0 Å². The summed E-state index contributed by atoms with van der Waals surface area (Å²) in [4.78, 5) is 26.3. The zero-order valence-electron chi connectivity index (χ0n) is 10.6. The number of β-amino-alcohol motifs (C(OH)–C–C–N with tert-alkyl or cyclic N) is 1. The van der Waals surface area contributed by atoms with E-state index in [1.165, 1.54) is 4.90 Å². The van der Waals surface area contributed by atoms with Crippen molar-refractivity contribution >= 4 is 12.0 Å². The smallest absolute Gasteiger partial charge is 0.326 e. The standard InChI is InChI=1S/C12H20N2O4/c1-13(8-4-2-3-5-8)12(18)14-7-9(15)6-10(14)11(16)17/h8-10,15H,2-7H2,1H3,(H,16,17)/t9-,10+/m1/s1. The molecule has 1 aliphatic heterocycles. The zero-order valence-corrected chi connectivity index (χ0v) is 10.6. The maximum Gasteiger partial charge on any atom is 0.326 e. The average Bonchev–Trinajstić information content (AvgIpc) is 2.95. The van der Waals surface area contributed by atoms with Gasteiger partial charge in [-0.2, -0.15) is 0 Å². The molecule has 0 bridgehead atoms. The quantitative estimate of drug-likeness (QED) is 0.754. The molecule has 0 aromatic rings. The van der Waals surface area contributed by atoms with Crippen molar-refractivity contribution in [2.45, 2.75) is 50.3 Å². The molecule has 1 aliphatic carbocycles. The lowest BCUT2D eigenvalue weighted by atomic mass is 10.2. The van der Waals surface area contributed by atoms with Crippen LogP contribution in [-0.2, 0) is 4.79 Å². The summed E-state index contributed by atoms with van der Waals surface area (Å²) >= 11 is 0. The number of carbonyl (C=O) groups excluding carboxylic acids is 1. The molecule has 0 aromatic carbocycles. The molecule has 1 saturated heterocycles. The maximum atomic E-state index is 12.3. The Balaban J connectivity index is 2.04. The third-order valence-electron chi connectivity index (χ3n) is 3.98. The van der Waals surface area contributed by atoms with E-state index < -0.39 is 18.1 Å². The molecule has 6 heteroatoms. The molecule has 18 heavy (non-hydrogen) atoms. The van der Waals surface area contributed by atoms with Crippen LogP contribution in [0.3, 0.4) is 0 Å². The van der Waals surface area contributed by atoms with Crippen molar-refractivity contribution < 1.29 is 19.8 Å². The van der Waals surface area contributed by atoms with Crippen molar-refractivity contribution in [3.8, 4) is 0 Å². The van der Waals surface area contributed by atoms with Gasteiger partial charge >= 0.3 is 12.0 Å². The number of urea groups is 1. The first-order valence-corrected chi connectivity index (χ1v) is 6.45. The van der Waals surface area contributed by atoms with Gasteiger partial charge in [0.05, 0.1) is 6.10 Å². The van der Waals surface area contributed by atoms with E-state index >= 15 is 0 Å². The van der Waals surface area contributed by atoms with E-state index in [-0.39, 0.29) is 25.0 Å². The molecule has 2 atom stereocenters. The summed E-state index contributed by atoms with van der Waals surface area (Å²) in [7, 11) is 1.72. The molecule has 2 fully saturated rings. The predicted molar refractivity (Wildman–Crippen MR) is 64.2 cm³/mol. The van der Waals surface area contributed by atoms with Gasteiger partial charge in [-0.15, -0.1) is 0 Å². The second-order valence-corrected chi connectivity index (χ2v) is 5.23. The molecular weight excluding hydrogens is 236 g/mol. The molecule has 6 nitrogen and oxygen atoms in total. The minimum Gasteiger partial charge on any atom is -0.480 e. The lowest BCUT2D eigenvalue weighted by Gasteiger charge is -2.31. The Labute approximate surface area is 106 Å². The lowest BCUT2D eigenvalue weighted by Crippen LogP contribution is -2.49. The molecule has 0 unspecified atom stereocenters. The Bertz CT molecular complexity index is 341. The molecule has 102 valence electrons. The number of hydrogen-bond acceptors (Lipinski definition) is 3. The highest BCUT2D eigenvalue weighted by Crippen LogP contribution is 2.26. The van der Waals surface area contributed by atoms with Gasteiger partial charge in [0.25, 0.3) is 0 Å². The Morgan fingerprint density at radius 1 is 1.28 bits per heavy atom. The monoisotopic (exact) mass is 256 g/mol. The number of rotatable bonds is 2. The second-order valence-electron chi connectivity index (χ2n) is 5.23. The number of amides is 2. The Hall–Kier alpha value is -1.30. The number of aliphatic hydroxyl groups is 1. The number of carboxylic acid groups (broad SMARTS) is 1. The Morgan fingerprint density at radius 3 is 2.44 bits per heavy atom. The third-order valence-corrected chi connectivity index (χ3v) is 3.98. The average molecular weight is 256 g/mol. The summed E-state index contributed by atoms with van der Waals surface area (Å²) in [5.41, 5.74) is 0. The van der Waals surface area contributed by atoms with Crippen molar-refractivity contribution in [1.29, 1.82) is 0 Å². The third kappa shape index (κ3) is 2.43. The zero-order chi connectivity index (χ0) is 13.3. The van der Waals surface area contributed by atoms with Crippen molar-refractivity contribution in [3.05, 3.63) is 0 Å². The van der Waals surface area contributed by atoms with Gasteiger partial charge in [0, 0.05) is 26.1 Å². The van der Waals surface area contributed by atoms with Crippen LogP contribution in [-0.4, -0.2) is 63.8 Å². The van der Waals surface area contributed by atoms with Crippen LogP contribution in [0.25, 0.3) is 0 Å². The van der Waals surface area contributed by atoms with Gasteiger partial charge in [-0.1, -0.05) is 12.8 Å². The fraction of sp³-hybridized carbons (Fsp3) is 0.833.